The van der Waals surface area contributed by atoms with Gasteiger partial charge in [-0.1, -0.05) is 43.9 Å². The number of rotatable bonds is 8. The minimum atomic E-state index is -1.10. The van der Waals surface area contributed by atoms with E-state index in [0.717, 1.165) is 31.2 Å². The van der Waals surface area contributed by atoms with Crippen LogP contribution in [0.25, 0.3) is 0 Å². The smallest absolute Gasteiger partial charge is 0.337 e. The molecule has 9 nitrogen and oxygen atoms in total. The first-order valence-corrected chi connectivity index (χ1v) is 11.2. The summed E-state index contributed by atoms with van der Waals surface area (Å²) in [6.45, 7) is 1.91. The lowest BCUT2D eigenvalue weighted by Crippen LogP contribution is -2.36. The number of hydrogen-bond acceptors (Lipinski definition) is 6. The SMILES string of the molecule is Cc1ccccc1Oc1cnn([C@@H](CC2CCCC2)C(=O)Nc2ccc(C(=O)O)cn2)c(=O)c1. The van der Waals surface area contributed by atoms with Crippen LogP contribution in [0.4, 0.5) is 5.82 Å². The average Bonchev–Trinajstić information content (AvgIpc) is 3.33. The van der Waals surface area contributed by atoms with Crippen molar-refractivity contribution >= 4 is 17.7 Å². The van der Waals surface area contributed by atoms with Gasteiger partial charge in [0.15, 0.2) is 5.75 Å². The molecular weight excluding hydrogens is 436 g/mol. The molecule has 0 saturated heterocycles. The lowest BCUT2D eigenvalue weighted by Gasteiger charge is -2.21. The van der Waals surface area contributed by atoms with Gasteiger partial charge < -0.3 is 15.2 Å². The van der Waals surface area contributed by atoms with Gasteiger partial charge in [-0.25, -0.2) is 14.5 Å². The van der Waals surface area contributed by atoms with Gasteiger partial charge in [-0.15, -0.1) is 0 Å². The van der Waals surface area contributed by atoms with E-state index >= 15 is 0 Å². The number of hydrogen-bond donors (Lipinski definition) is 2. The van der Waals surface area contributed by atoms with Crippen molar-refractivity contribution in [2.24, 2.45) is 5.92 Å². The highest BCUT2D eigenvalue weighted by Crippen LogP contribution is 2.32. The number of nitrogens with one attached hydrogen (secondary N) is 1. The van der Waals surface area contributed by atoms with Crippen LogP contribution < -0.4 is 15.6 Å². The number of aromatic carboxylic acids is 1. The van der Waals surface area contributed by atoms with Crippen molar-refractivity contribution in [3.8, 4) is 11.5 Å². The molecule has 1 fully saturated rings. The van der Waals surface area contributed by atoms with Crippen molar-refractivity contribution in [1.82, 2.24) is 14.8 Å². The normalized spacial score (nSPS) is 14.5. The van der Waals surface area contributed by atoms with Crippen molar-refractivity contribution in [1.29, 1.82) is 0 Å². The van der Waals surface area contributed by atoms with Crippen LogP contribution in [0.15, 0.2) is 59.7 Å². The molecule has 2 N–H and O–H groups in total. The molecule has 176 valence electrons. The fourth-order valence-electron chi connectivity index (χ4n) is 4.17. The van der Waals surface area contributed by atoms with Crippen molar-refractivity contribution in [2.75, 3.05) is 5.32 Å². The molecule has 1 saturated carbocycles. The number of carbonyl (C=O) groups is 2. The second-order valence-electron chi connectivity index (χ2n) is 8.47. The number of pyridine rings is 1. The van der Waals surface area contributed by atoms with Crippen molar-refractivity contribution in [3.05, 3.63) is 76.3 Å². The van der Waals surface area contributed by atoms with Gasteiger partial charge in [0.2, 0.25) is 0 Å². The predicted molar refractivity (Wildman–Crippen MR) is 125 cm³/mol. The Kier molecular flexibility index (Phi) is 7.01. The van der Waals surface area contributed by atoms with Crippen molar-refractivity contribution in [2.45, 2.75) is 45.1 Å². The van der Waals surface area contributed by atoms with E-state index in [1.54, 1.807) is 6.07 Å². The molecule has 1 amide bonds. The van der Waals surface area contributed by atoms with E-state index < -0.39 is 23.5 Å². The Morgan fingerprint density at radius 1 is 1.18 bits per heavy atom. The Hall–Kier alpha value is -4.01. The number of aromatic nitrogens is 3. The number of amides is 1. The summed E-state index contributed by atoms with van der Waals surface area (Å²) in [5, 5.41) is 16.0. The summed E-state index contributed by atoms with van der Waals surface area (Å²) in [6, 6.07) is 10.7. The quantitative estimate of drug-likeness (QED) is 0.514. The van der Waals surface area contributed by atoms with Gasteiger partial charge in [0.05, 0.1) is 11.8 Å². The van der Waals surface area contributed by atoms with Gasteiger partial charge in [-0.05, 0) is 43.0 Å². The van der Waals surface area contributed by atoms with Gasteiger partial charge in [-0.3, -0.25) is 9.59 Å². The molecule has 34 heavy (non-hydrogen) atoms. The van der Waals surface area contributed by atoms with Crippen LogP contribution in [0, 0.1) is 12.8 Å². The maximum atomic E-state index is 13.2. The molecule has 0 unspecified atom stereocenters. The van der Waals surface area contributed by atoms with Gasteiger partial charge >= 0.3 is 5.97 Å². The molecular formula is C25H26N4O5. The van der Waals surface area contributed by atoms with E-state index in [-0.39, 0.29) is 11.4 Å². The number of anilines is 1. The third kappa shape index (κ3) is 5.48. The Morgan fingerprint density at radius 2 is 1.94 bits per heavy atom. The van der Waals surface area contributed by atoms with Gasteiger partial charge in [-0.2, -0.15) is 5.10 Å². The minimum Gasteiger partial charge on any atom is -0.478 e. The van der Waals surface area contributed by atoms with Crippen LogP contribution in [0.3, 0.4) is 0 Å². The zero-order valence-electron chi connectivity index (χ0n) is 18.8. The molecule has 1 aliphatic carbocycles. The van der Waals surface area contributed by atoms with E-state index in [1.807, 2.05) is 25.1 Å². The summed E-state index contributed by atoms with van der Waals surface area (Å²) in [5.41, 5.74) is 0.493. The van der Waals surface area contributed by atoms with Crippen LogP contribution in [-0.2, 0) is 4.79 Å². The highest BCUT2D eigenvalue weighted by molar-refractivity contribution is 5.93. The summed E-state index contributed by atoms with van der Waals surface area (Å²) in [5.74, 6) is -0.0920. The molecule has 0 bridgehead atoms. The van der Waals surface area contributed by atoms with Gasteiger partial charge in [0.25, 0.3) is 11.5 Å². The van der Waals surface area contributed by atoms with E-state index in [4.69, 9.17) is 9.84 Å². The van der Waals surface area contributed by atoms with Gasteiger partial charge in [0, 0.05) is 12.3 Å². The number of carboxylic acid groups (broad SMARTS) is 1. The number of aryl methyl sites for hydroxylation is 1. The van der Waals surface area contributed by atoms with Crippen LogP contribution in [0.1, 0.15) is 54.1 Å². The predicted octanol–water partition coefficient (Wildman–Crippen LogP) is 4.20. The molecule has 4 rings (SSSR count). The maximum absolute atomic E-state index is 13.2. The fourth-order valence-corrected chi connectivity index (χ4v) is 4.17. The Bertz CT molecular complexity index is 1230. The Balaban J connectivity index is 1.57. The van der Waals surface area contributed by atoms with E-state index in [0.29, 0.717) is 23.8 Å². The number of carbonyl (C=O) groups excluding carboxylic acids is 1. The topological polar surface area (TPSA) is 123 Å². The molecule has 1 aromatic carbocycles. The summed E-state index contributed by atoms with van der Waals surface area (Å²) in [7, 11) is 0. The summed E-state index contributed by atoms with van der Waals surface area (Å²) >= 11 is 0. The Morgan fingerprint density at radius 3 is 2.59 bits per heavy atom. The molecule has 0 radical (unpaired) electrons. The molecule has 0 aliphatic heterocycles. The monoisotopic (exact) mass is 462 g/mol. The summed E-state index contributed by atoms with van der Waals surface area (Å²) in [4.78, 5) is 41.2. The molecule has 1 atom stereocenters. The van der Waals surface area contributed by atoms with Gasteiger partial charge in [0.1, 0.15) is 17.6 Å². The van der Waals surface area contributed by atoms with Crippen LogP contribution in [0.2, 0.25) is 0 Å². The highest BCUT2D eigenvalue weighted by Gasteiger charge is 2.29. The molecule has 9 heteroatoms. The first-order chi connectivity index (χ1) is 16.4. The first kappa shape index (κ1) is 23.2. The number of para-hydroxylation sites is 1. The Labute approximate surface area is 196 Å². The second kappa shape index (κ2) is 10.3. The van der Waals surface area contributed by atoms with Crippen LogP contribution >= 0.6 is 0 Å². The molecule has 0 spiro atoms. The third-order valence-electron chi connectivity index (χ3n) is 6.01. The number of nitrogens with zero attached hydrogens (tertiary/aromatic N) is 3. The lowest BCUT2D eigenvalue weighted by atomic mass is 9.98. The first-order valence-electron chi connectivity index (χ1n) is 11.2. The van der Waals surface area contributed by atoms with Crippen LogP contribution in [-0.4, -0.2) is 31.7 Å². The number of carboxylic acids is 1. The molecule has 2 heterocycles. The molecule has 3 aromatic rings. The zero-order valence-corrected chi connectivity index (χ0v) is 18.8. The van der Waals surface area contributed by atoms with E-state index in [2.05, 4.69) is 15.4 Å². The van der Waals surface area contributed by atoms with Crippen molar-refractivity contribution < 1.29 is 19.4 Å². The van der Waals surface area contributed by atoms with E-state index in [1.165, 1.54) is 35.3 Å². The molecule has 2 aromatic heterocycles. The zero-order chi connectivity index (χ0) is 24.1. The van der Waals surface area contributed by atoms with Crippen molar-refractivity contribution in [3.63, 3.8) is 0 Å². The highest BCUT2D eigenvalue weighted by atomic mass is 16.5. The number of benzene rings is 1. The lowest BCUT2D eigenvalue weighted by molar-refractivity contribution is -0.120. The van der Waals surface area contributed by atoms with E-state index in [9.17, 15) is 14.4 Å². The summed E-state index contributed by atoms with van der Waals surface area (Å²) in [6.07, 6.45) is 7.28. The fraction of sp³-hybridized carbons (Fsp3) is 0.320. The van der Waals surface area contributed by atoms with Crippen LogP contribution in [0.5, 0.6) is 11.5 Å². The number of ether oxygens (including phenoxy) is 1. The largest absolute Gasteiger partial charge is 0.478 e. The minimum absolute atomic E-state index is 0.0163. The summed E-state index contributed by atoms with van der Waals surface area (Å²) < 4.78 is 6.99. The second-order valence-corrected chi connectivity index (χ2v) is 8.47. The molecule has 1 aliphatic rings. The average molecular weight is 463 g/mol. The maximum Gasteiger partial charge on any atom is 0.337 e. The third-order valence-corrected chi connectivity index (χ3v) is 6.01. The standard InChI is InChI=1S/C25H26N4O5/c1-16-6-2-5-9-21(16)34-19-13-23(30)29(27-15-19)20(12-17-7-3-4-8-17)24(31)28-22-11-10-18(14-26-22)25(32)33/h2,5-6,9-11,13-15,17,20H,3-4,7-8,12H2,1H3,(H,32,33)(H,26,28,31)/t20-/m0/s1.